The smallest absolute Gasteiger partial charge is 0.303 e. The number of carbonyl (C=O) groups is 14. The van der Waals surface area contributed by atoms with Crippen LogP contribution >= 0.6 is 0 Å². The zero-order valence-corrected chi connectivity index (χ0v) is 55.0. The lowest BCUT2D eigenvalue weighted by molar-refractivity contribution is -0.144. The van der Waals surface area contributed by atoms with Crippen LogP contribution in [0.5, 0.6) is 5.75 Å². The standard InChI is InChI=1S/C65H95N13O17/c1-35(2)31-45-58(88)73-47(33-39-15-9-8-10-16-39)64(94)77-29-13-18-49(77)61(91)69-42(55(66)85)17-11-12-28-67-51(82)26-24-43(68-38(7)80)57(87)75-53(36(3)4)63(93)70-44(25-27-52(83)84)56(86)74-48(34-79)60(90)71-46(32-40-20-22-41(81)23-21-40)59(89)76-54(37(5)6)65(95)78-30-14-19-50(78)62(92)72-45/h8-10,15-16,20-23,35-37,42-50,53-54,79,81H,11-14,17-19,24-34H2,1-7H3,(H2,66,85)(H,67,82)(H,68,80)(H,69,91)(H,70,93)(H,71,90)(H,72,92)(H,73,88)(H,74,86)(H,75,87)(H,76,89)(H,83,84)/t42-,43-,44-,45-,46-,47-,48-,49-,50-,53-,54-/m0/s1. The SMILES string of the molecule is CC(=O)N[C@H]1CCC(=O)NCCCC[C@@H](C(N)=O)NC(=O)[C@@H]2CCCN2C(=O)[C@H](Cc2ccccc2)NC(=O)[C@H](CC(C)C)NC(=O)[C@@H]2CCCN2C(=O)[C@H](C(C)C)NC(=O)[C@H](Cc2ccc(O)cc2)NC(=O)[C@H](CO)NC(=O)[C@H](CCC(=O)O)NC(=O)[C@H](C(C)C)NC1=O. The van der Waals surface area contributed by atoms with Gasteiger partial charge >= 0.3 is 5.97 Å². The van der Waals surface area contributed by atoms with Crippen LogP contribution < -0.4 is 58.9 Å². The Kier molecular flexibility index (Phi) is 29.8. The fraction of sp³-hybridized carbons (Fsp3) is 0.600. The number of carboxylic acids is 1. The molecule has 11 atom stereocenters. The largest absolute Gasteiger partial charge is 0.508 e. The molecule has 522 valence electrons. The maximum Gasteiger partial charge on any atom is 0.303 e. The Morgan fingerprint density at radius 3 is 1.65 bits per heavy atom. The number of hydrogen-bond donors (Lipinski definition) is 14. The van der Waals surface area contributed by atoms with Crippen LogP contribution in [0.15, 0.2) is 54.6 Å². The van der Waals surface area contributed by atoms with E-state index in [9.17, 15) is 82.4 Å². The molecule has 2 aromatic rings. The maximum atomic E-state index is 14.8. The molecule has 3 heterocycles. The average Bonchev–Trinajstić information content (AvgIpc) is 1.74. The number of amides is 13. The Morgan fingerprint density at radius 1 is 0.558 bits per heavy atom. The summed E-state index contributed by atoms with van der Waals surface area (Å²) >= 11 is 0. The lowest BCUT2D eigenvalue weighted by atomic mass is 9.99. The van der Waals surface area contributed by atoms with Crippen molar-refractivity contribution in [2.45, 2.75) is 205 Å². The third-order valence-corrected chi connectivity index (χ3v) is 16.8. The number of phenols is 1. The highest BCUT2D eigenvalue weighted by Crippen LogP contribution is 2.24. The number of aliphatic carboxylic acids is 1. The summed E-state index contributed by atoms with van der Waals surface area (Å²) in [6, 6.07) is -0.938. The predicted octanol–water partition coefficient (Wildman–Crippen LogP) is -1.68. The number of hydrogen-bond acceptors (Lipinski definition) is 16. The molecule has 0 spiro atoms. The molecule has 30 nitrogen and oxygen atoms in total. The molecular formula is C65H95N13O17. The average molecular weight is 1330 g/mol. The predicted molar refractivity (Wildman–Crippen MR) is 343 cm³/mol. The highest BCUT2D eigenvalue weighted by molar-refractivity contribution is 6.00. The first kappa shape index (κ1) is 76.5. The van der Waals surface area contributed by atoms with Crippen molar-refractivity contribution in [2.24, 2.45) is 23.5 Å². The molecule has 13 amide bonds. The van der Waals surface area contributed by atoms with E-state index in [4.69, 9.17) is 5.73 Å². The van der Waals surface area contributed by atoms with Crippen LogP contribution in [0.1, 0.15) is 137 Å². The molecule has 2 aromatic carbocycles. The van der Waals surface area contributed by atoms with Crippen LogP contribution in [-0.2, 0) is 80.0 Å². The number of carboxylic acid groups (broad SMARTS) is 1. The van der Waals surface area contributed by atoms with Crippen molar-refractivity contribution in [1.82, 2.24) is 63.0 Å². The topological polar surface area (TPSA) is 452 Å². The zero-order chi connectivity index (χ0) is 70.2. The summed E-state index contributed by atoms with van der Waals surface area (Å²) in [6.07, 6.45) is -0.394. The zero-order valence-electron chi connectivity index (χ0n) is 55.0. The van der Waals surface area contributed by atoms with Gasteiger partial charge in [0.15, 0.2) is 0 Å². The van der Waals surface area contributed by atoms with E-state index in [-0.39, 0.29) is 95.5 Å². The van der Waals surface area contributed by atoms with Crippen molar-refractivity contribution in [3.05, 3.63) is 65.7 Å². The van der Waals surface area contributed by atoms with Gasteiger partial charge in [0.1, 0.15) is 72.2 Å². The summed E-state index contributed by atoms with van der Waals surface area (Å²) in [5.41, 5.74) is 6.82. The van der Waals surface area contributed by atoms with E-state index >= 15 is 0 Å². The number of fused-ring (bicyclic) bond motifs is 2. The van der Waals surface area contributed by atoms with Gasteiger partial charge in [-0.1, -0.05) is 84.0 Å². The molecule has 15 N–H and O–H groups in total. The molecule has 95 heavy (non-hydrogen) atoms. The van der Waals surface area contributed by atoms with Crippen molar-refractivity contribution in [1.29, 1.82) is 0 Å². The van der Waals surface area contributed by atoms with Crippen LogP contribution in [0.4, 0.5) is 0 Å². The van der Waals surface area contributed by atoms with Gasteiger partial charge in [-0.05, 0) is 105 Å². The fourth-order valence-corrected chi connectivity index (χ4v) is 11.6. The summed E-state index contributed by atoms with van der Waals surface area (Å²) in [6.45, 7) is 10.3. The van der Waals surface area contributed by atoms with Crippen LogP contribution in [-0.4, -0.2) is 201 Å². The van der Waals surface area contributed by atoms with Crippen molar-refractivity contribution >= 4 is 82.8 Å². The van der Waals surface area contributed by atoms with E-state index in [0.717, 1.165) is 6.92 Å². The number of nitrogens with zero attached hydrogens (tertiary/aromatic N) is 2. The Morgan fingerprint density at radius 2 is 1.07 bits per heavy atom. The summed E-state index contributed by atoms with van der Waals surface area (Å²) in [7, 11) is 0. The fourth-order valence-electron chi connectivity index (χ4n) is 11.6. The number of carbonyl (C=O) groups excluding carboxylic acids is 13. The molecule has 3 saturated heterocycles. The number of nitrogens with one attached hydrogen (secondary N) is 10. The number of rotatable bonds is 14. The minimum atomic E-state index is -1.87. The number of aromatic hydroxyl groups is 1. The van der Waals surface area contributed by atoms with Crippen molar-refractivity contribution in [2.75, 3.05) is 26.2 Å². The van der Waals surface area contributed by atoms with Gasteiger partial charge in [0.05, 0.1) is 6.61 Å². The molecule has 0 aromatic heterocycles. The van der Waals surface area contributed by atoms with E-state index in [1.54, 1.807) is 44.2 Å². The van der Waals surface area contributed by atoms with Gasteiger partial charge in [-0.3, -0.25) is 67.1 Å². The third-order valence-electron chi connectivity index (χ3n) is 16.8. The molecule has 0 bridgehead atoms. The van der Waals surface area contributed by atoms with Crippen molar-refractivity contribution in [3.63, 3.8) is 0 Å². The van der Waals surface area contributed by atoms with E-state index in [1.165, 1.54) is 47.9 Å². The monoisotopic (exact) mass is 1330 g/mol. The second-order valence-electron chi connectivity index (χ2n) is 25.6. The molecule has 0 radical (unpaired) electrons. The first-order valence-electron chi connectivity index (χ1n) is 32.5. The molecule has 0 aliphatic carbocycles. The molecule has 3 aliphatic heterocycles. The summed E-state index contributed by atoms with van der Waals surface area (Å²) in [5, 5.41) is 56.4. The number of aliphatic hydroxyl groups is 1. The minimum absolute atomic E-state index is 0.0231. The molecule has 3 aliphatic rings. The molecular weight excluding hydrogens is 1230 g/mol. The number of nitrogens with two attached hydrogens (primary N) is 1. The summed E-state index contributed by atoms with van der Waals surface area (Å²) in [5.74, 6) is -13.7. The number of phenolic OH excluding ortho intramolecular Hbond substituents is 1. The maximum absolute atomic E-state index is 14.8. The first-order chi connectivity index (χ1) is 45.0. The Bertz CT molecular complexity index is 3060. The van der Waals surface area contributed by atoms with Gasteiger partial charge in [-0.15, -0.1) is 0 Å². The number of benzene rings is 2. The van der Waals surface area contributed by atoms with Crippen LogP contribution in [0.2, 0.25) is 0 Å². The lowest BCUT2D eigenvalue weighted by Gasteiger charge is -2.33. The van der Waals surface area contributed by atoms with Gasteiger partial charge in [0, 0.05) is 52.2 Å². The van der Waals surface area contributed by atoms with Gasteiger partial charge in [0.25, 0.3) is 0 Å². The quantitative estimate of drug-likeness (QED) is 0.100. The highest BCUT2D eigenvalue weighted by Gasteiger charge is 2.43. The van der Waals surface area contributed by atoms with Crippen molar-refractivity contribution in [3.8, 4) is 5.75 Å². The van der Waals surface area contributed by atoms with E-state index < -0.39 is 181 Å². The molecule has 3 fully saturated rings. The number of aliphatic hydroxyl groups excluding tert-OH is 1. The second-order valence-corrected chi connectivity index (χ2v) is 25.6. The normalized spacial score (nSPS) is 26.2. The van der Waals surface area contributed by atoms with Gasteiger partial charge < -0.3 is 84.0 Å². The Labute approximate surface area is 552 Å². The van der Waals surface area contributed by atoms with Crippen LogP contribution in [0, 0.1) is 17.8 Å². The minimum Gasteiger partial charge on any atom is -0.508 e. The summed E-state index contributed by atoms with van der Waals surface area (Å²) in [4.78, 5) is 197. The summed E-state index contributed by atoms with van der Waals surface area (Å²) < 4.78 is 0. The van der Waals surface area contributed by atoms with E-state index in [0.29, 0.717) is 24.0 Å². The highest BCUT2D eigenvalue weighted by atomic mass is 16.4. The third kappa shape index (κ3) is 23.6. The Balaban J connectivity index is 1.51. The molecule has 0 unspecified atom stereocenters. The van der Waals surface area contributed by atoms with Crippen molar-refractivity contribution < 1.29 is 82.4 Å². The molecule has 0 saturated carbocycles. The van der Waals surface area contributed by atoms with E-state index in [1.807, 2.05) is 13.8 Å². The number of primary amides is 1. The van der Waals surface area contributed by atoms with Crippen LogP contribution in [0.25, 0.3) is 0 Å². The molecule has 5 rings (SSSR count). The van der Waals surface area contributed by atoms with Gasteiger partial charge in [-0.2, -0.15) is 0 Å². The lowest BCUT2D eigenvalue weighted by Crippen LogP contribution is -2.62. The van der Waals surface area contributed by atoms with Gasteiger partial charge in [-0.25, -0.2) is 0 Å². The first-order valence-corrected chi connectivity index (χ1v) is 32.5. The van der Waals surface area contributed by atoms with Gasteiger partial charge in [0.2, 0.25) is 76.8 Å². The Hall–Kier alpha value is -9.22. The molecule has 30 heteroatoms. The van der Waals surface area contributed by atoms with E-state index in [2.05, 4.69) is 53.2 Å². The second kappa shape index (κ2) is 37.0. The van der Waals surface area contributed by atoms with Crippen LogP contribution in [0.3, 0.4) is 0 Å².